The van der Waals surface area contributed by atoms with E-state index >= 15 is 0 Å². The molecule has 1 aliphatic heterocycles. The van der Waals surface area contributed by atoms with Gasteiger partial charge in [-0.15, -0.1) is 0 Å². The zero-order valence-corrected chi connectivity index (χ0v) is 14.9. The van der Waals surface area contributed by atoms with Crippen molar-refractivity contribution in [3.05, 3.63) is 48.0 Å². The van der Waals surface area contributed by atoms with E-state index in [1.807, 2.05) is 0 Å². The second kappa shape index (κ2) is 5.69. The number of fused-ring (bicyclic) bond motifs is 1. The van der Waals surface area contributed by atoms with Crippen molar-refractivity contribution in [2.45, 2.75) is 6.17 Å². The third-order valence-electron chi connectivity index (χ3n) is 4.63. The van der Waals surface area contributed by atoms with Gasteiger partial charge in [-0.1, -0.05) is 24.3 Å². The smallest absolute Gasteiger partial charge is 0.130 e. The van der Waals surface area contributed by atoms with Crippen LogP contribution in [0.25, 0.3) is 0 Å². The van der Waals surface area contributed by atoms with Gasteiger partial charge in [0.1, 0.15) is 6.17 Å². The molecule has 0 aromatic heterocycles. The normalized spacial score (nSPS) is 14.2. The van der Waals surface area contributed by atoms with Gasteiger partial charge < -0.3 is 19.6 Å². The predicted octanol–water partition coefficient (Wildman–Crippen LogP) is 3.40. The Balaban J connectivity index is 2.15. The van der Waals surface area contributed by atoms with Crippen LogP contribution in [0.3, 0.4) is 0 Å². The fourth-order valence-electron chi connectivity index (χ4n) is 3.61. The van der Waals surface area contributed by atoms with Crippen LogP contribution < -0.4 is 19.6 Å². The van der Waals surface area contributed by atoms with Gasteiger partial charge in [0.2, 0.25) is 0 Å². The lowest BCUT2D eigenvalue weighted by molar-refractivity contribution is 0.693. The van der Waals surface area contributed by atoms with E-state index in [1.165, 1.54) is 28.3 Å². The summed E-state index contributed by atoms with van der Waals surface area (Å²) in [5, 5.41) is 0. The van der Waals surface area contributed by atoms with Crippen LogP contribution in [0.1, 0.15) is 11.7 Å². The van der Waals surface area contributed by atoms with Crippen molar-refractivity contribution in [3.63, 3.8) is 0 Å². The van der Waals surface area contributed by atoms with E-state index in [9.17, 15) is 0 Å². The fraction of sp³-hybridized carbons (Fsp3) is 0.368. The van der Waals surface area contributed by atoms with Crippen LogP contribution in [-0.2, 0) is 0 Å². The van der Waals surface area contributed by atoms with E-state index in [0.717, 1.165) is 0 Å². The van der Waals surface area contributed by atoms with Crippen LogP contribution in [0.2, 0.25) is 0 Å². The number of para-hydroxylation sites is 3. The summed E-state index contributed by atoms with van der Waals surface area (Å²) in [6.07, 6.45) is 0.199. The van der Waals surface area contributed by atoms with E-state index in [-0.39, 0.29) is 6.17 Å². The number of benzene rings is 2. The van der Waals surface area contributed by atoms with Crippen molar-refractivity contribution in [2.75, 3.05) is 61.9 Å². The van der Waals surface area contributed by atoms with Crippen LogP contribution in [0.5, 0.6) is 0 Å². The molecule has 0 saturated heterocycles. The molecule has 2 aromatic rings. The minimum Gasteiger partial charge on any atom is -0.376 e. The Morgan fingerprint density at radius 2 is 1.30 bits per heavy atom. The number of hydrogen-bond acceptors (Lipinski definition) is 4. The molecule has 1 aliphatic rings. The maximum absolute atomic E-state index is 2.36. The molecule has 122 valence electrons. The molecule has 1 heterocycles. The fourth-order valence-corrected chi connectivity index (χ4v) is 3.61. The van der Waals surface area contributed by atoms with Gasteiger partial charge in [0.15, 0.2) is 0 Å². The molecular formula is C19H26N4. The van der Waals surface area contributed by atoms with Gasteiger partial charge in [0.25, 0.3) is 0 Å². The number of rotatable bonds is 3. The van der Waals surface area contributed by atoms with Gasteiger partial charge >= 0.3 is 0 Å². The molecular weight excluding hydrogens is 284 g/mol. The van der Waals surface area contributed by atoms with Gasteiger partial charge in [-0.2, -0.15) is 0 Å². The van der Waals surface area contributed by atoms with Crippen LogP contribution in [0.15, 0.2) is 42.5 Å². The number of anilines is 4. The molecule has 23 heavy (non-hydrogen) atoms. The first-order valence-electron chi connectivity index (χ1n) is 7.95. The highest BCUT2D eigenvalue weighted by Crippen LogP contribution is 2.47. The van der Waals surface area contributed by atoms with E-state index in [1.54, 1.807) is 0 Å². The Hall–Kier alpha value is -2.36. The van der Waals surface area contributed by atoms with E-state index in [0.29, 0.717) is 0 Å². The number of nitrogens with zero attached hydrogens (tertiary/aromatic N) is 4. The Morgan fingerprint density at radius 1 is 0.739 bits per heavy atom. The molecule has 3 rings (SSSR count). The van der Waals surface area contributed by atoms with Crippen molar-refractivity contribution in [1.29, 1.82) is 0 Å². The van der Waals surface area contributed by atoms with E-state index in [2.05, 4.69) is 104 Å². The monoisotopic (exact) mass is 310 g/mol. The predicted molar refractivity (Wildman–Crippen MR) is 101 cm³/mol. The van der Waals surface area contributed by atoms with Crippen LogP contribution in [0, 0.1) is 0 Å². The Bertz CT molecular complexity index is 679. The highest BCUT2D eigenvalue weighted by molar-refractivity contribution is 5.82. The van der Waals surface area contributed by atoms with Gasteiger partial charge in [-0.25, -0.2) is 0 Å². The van der Waals surface area contributed by atoms with Crippen molar-refractivity contribution >= 4 is 22.7 Å². The molecule has 4 heteroatoms. The minimum absolute atomic E-state index is 0.199. The third-order valence-corrected chi connectivity index (χ3v) is 4.63. The topological polar surface area (TPSA) is 13.0 Å². The highest BCUT2D eigenvalue weighted by Gasteiger charge is 2.34. The Morgan fingerprint density at radius 3 is 1.78 bits per heavy atom. The second-order valence-corrected chi connectivity index (χ2v) is 6.59. The second-order valence-electron chi connectivity index (χ2n) is 6.59. The Kier molecular flexibility index (Phi) is 3.84. The first kappa shape index (κ1) is 15.5. The van der Waals surface area contributed by atoms with Gasteiger partial charge in [-0.05, 0) is 18.2 Å². The summed E-state index contributed by atoms with van der Waals surface area (Å²) in [6, 6.07) is 15.2. The first-order valence-corrected chi connectivity index (χ1v) is 7.95. The van der Waals surface area contributed by atoms with E-state index < -0.39 is 0 Å². The molecule has 0 aliphatic carbocycles. The molecule has 0 amide bonds. The molecule has 0 saturated carbocycles. The minimum atomic E-state index is 0.199. The van der Waals surface area contributed by atoms with Gasteiger partial charge in [-0.3, -0.25) is 0 Å². The lowest BCUT2D eigenvalue weighted by atomic mass is 10.1. The highest BCUT2D eigenvalue weighted by atomic mass is 15.4. The van der Waals surface area contributed by atoms with Crippen molar-refractivity contribution < 1.29 is 0 Å². The molecule has 0 atom stereocenters. The summed E-state index contributed by atoms with van der Waals surface area (Å²) in [4.78, 5) is 9.12. The van der Waals surface area contributed by atoms with Crippen molar-refractivity contribution in [3.8, 4) is 0 Å². The summed E-state index contributed by atoms with van der Waals surface area (Å²) in [6.45, 7) is 0. The first-order chi connectivity index (χ1) is 10.9. The molecule has 0 unspecified atom stereocenters. The van der Waals surface area contributed by atoms with Crippen LogP contribution in [0.4, 0.5) is 22.7 Å². The average Bonchev–Trinajstić information content (AvgIpc) is 2.78. The van der Waals surface area contributed by atoms with Crippen LogP contribution >= 0.6 is 0 Å². The lowest BCUT2D eigenvalue weighted by Gasteiger charge is -2.33. The molecule has 0 fully saturated rings. The summed E-state index contributed by atoms with van der Waals surface area (Å²) >= 11 is 0. The number of hydrogen-bond donors (Lipinski definition) is 0. The molecule has 2 aromatic carbocycles. The SMILES string of the molecule is CN(C)c1cccc(C2N(C)c3ccccc3N2C)c1N(C)C. The summed E-state index contributed by atoms with van der Waals surface area (Å²) in [5.74, 6) is 0. The zero-order chi connectivity index (χ0) is 16.7. The summed E-state index contributed by atoms with van der Waals surface area (Å²) < 4.78 is 0. The Labute approximate surface area is 139 Å². The molecule has 0 spiro atoms. The molecule has 0 radical (unpaired) electrons. The van der Waals surface area contributed by atoms with Crippen molar-refractivity contribution in [2.24, 2.45) is 0 Å². The van der Waals surface area contributed by atoms with Gasteiger partial charge in [0, 0.05) is 47.8 Å². The summed E-state index contributed by atoms with van der Waals surface area (Å²) in [7, 11) is 12.8. The molecule has 4 nitrogen and oxygen atoms in total. The maximum atomic E-state index is 2.36. The third kappa shape index (κ3) is 2.38. The quantitative estimate of drug-likeness (QED) is 0.861. The molecule has 0 N–H and O–H groups in total. The lowest BCUT2D eigenvalue weighted by Crippen LogP contribution is -2.32. The zero-order valence-electron chi connectivity index (χ0n) is 14.9. The van der Waals surface area contributed by atoms with Gasteiger partial charge in [0.05, 0.1) is 22.7 Å². The molecule has 0 bridgehead atoms. The largest absolute Gasteiger partial charge is 0.376 e. The van der Waals surface area contributed by atoms with Crippen molar-refractivity contribution in [1.82, 2.24) is 0 Å². The standard InChI is InChI=1S/C19H26N4/c1-20(2)17-13-9-10-14(18(17)21(3)4)19-22(5)15-11-7-8-12-16(15)23(19)6/h7-13,19H,1-6H3. The maximum Gasteiger partial charge on any atom is 0.130 e. The van der Waals surface area contributed by atoms with E-state index in [4.69, 9.17) is 0 Å². The summed E-state index contributed by atoms with van der Waals surface area (Å²) in [5.41, 5.74) is 6.39. The van der Waals surface area contributed by atoms with Crippen LogP contribution in [-0.4, -0.2) is 42.3 Å². The average molecular weight is 310 g/mol.